The summed E-state index contributed by atoms with van der Waals surface area (Å²) < 4.78 is 0.978. The number of likely N-dealkylation sites (N-methyl/N-ethyl adjacent to an activating group) is 1. The van der Waals surface area contributed by atoms with Crippen LogP contribution in [0.1, 0.15) is 12.5 Å². The van der Waals surface area contributed by atoms with Gasteiger partial charge in [-0.2, -0.15) is 0 Å². The average Bonchev–Trinajstić information content (AvgIpc) is 2.35. The van der Waals surface area contributed by atoms with Gasteiger partial charge >= 0.3 is 11.8 Å². The maximum Gasteiger partial charge on any atom is 0.312 e. The summed E-state index contributed by atoms with van der Waals surface area (Å²) in [7, 11) is 0. The van der Waals surface area contributed by atoms with Crippen LogP contribution in [0, 0.1) is 0 Å². The van der Waals surface area contributed by atoms with Crippen LogP contribution in [0.4, 0.5) is 0 Å². The van der Waals surface area contributed by atoms with Crippen molar-refractivity contribution >= 4 is 27.7 Å². The van der Waals surface area contributed by atoms with Gasteiger partial charge in [0.25, 0.3) is 0 Å². The molecule has 1 aliphatic rings. The zero-order valence-electron chi connectivity index (χ0n) is 10.2. The highest BCUT2D eigenvalue weighted by atomic mass is 79.9. The van der Waals surface area contributed by atoms with E-state index in [1.807, 2.05) is 31.2 Å². The predicted molar refractivity (Wildman–Crippen MR) is 71.8 cm³/mol. The number of hydrogen-bond acceptors (Lipinski definition) is 2. The largest absolute Gasteiger partial charge is 0.333 e. The summed E-state index contributed by atoms with van der Waals surface area (Å²) in [5.41, 5.74) is 1.02. The van der Waals surface area contributed by atoms with Crippen LogP contribution in [0.25, 0.3) is 0 Å². The summed E-state index contributed by atoms with van der Waals surface area (Å²) in [6.45, 7) is 4.19. The molecule has 0 unspecified atom stereocenters. The standard InChI is InChI=1S/C13H15BrN2O2/c1-2-15-6-7-16(13(18)12(15)17)9-10-4-3-5-11(14)8-10/h3-5,8H,2,6-7,9H2,1H3. The number of benzene rings is 1. The molecule has 1 heterocycles. The van der Waals surface area contributed by atoms with Crippen LogP contribution in [-0.4, -0.2) is 41.2 Å². The molecule has 0 aromatic heterocycles. The lowest BCUT2D eigenvalue weighted by Gasteiger charge is -2.33. The molecule has 18 heavy (non-hydrogen) atoms. The lowest BCUT2D eigenvalue weighted by molar-refractivity contribution is -0.156. The van der Waals surface area contributed by atoms with E-state index in [9.17, 15) is 9.59 Å². The monoisotopic (exact) mass is 310 g/mol. The molecule has 1 aliphatic heterocycles. The first kappa shape index (κ1) is 13.1. The highest BCUT2D eigenvalue weighted by molar-refractivity contribution is 9.10. The zero-order valence-corrected chi connectivity index (χ0v) is 11.8. The molecule has 0 aliphatic carbocycles. The second-order valence-electron chi connectivity index (χ2n) is 4.24. The van der Waals surface area contributed by atoms with E-state index in [1.54, 1.807) is 9.80 Å². The minimum atomic E-state index is -0.400. The molecular formula is C13H15BrN2O2. The number of carbonyl (C=O) groups excluding carboxylic acids is 2. The third-order valence-electron chi connectivity index (χ3n) is 3.04. The van der Waals surface area contributed by atoms with Crippen LogP contribution in [0.2, 0.25) is 0 Å². The zero-order chi connectivity index (χ0) is 13.1. The fourth-order valence-corrected chi connectivity index (χ4v) is 2.47. The molecule has 4 nitrogen and oxygen atoms in total. The van der Waals surface area contributed by atoms with Crippen molar-refractivity contribution in [3.05, 3.63) is 34.3 Å². The number of carbonyl (C=O) groups is 2. The van der Waals surface area contributed by atoms with Gasteiger partial charge in [-0.05, 0) is 24.6 Å². The molecule has 2 amide bonds. The van der Waals surface area contributed by atoms with Gasteiger partial charge in [0.15, 0.2) is 0 Å². The van der Waals surface area contributed by atoms with E-state index in [0.29, 0.717) is 26.2 Å². The molecule has 0 spiro atoms. The Balaban J connectivity index is 2.07. The summed E-state index contributed by atoms with van der Waals surface area (Å²) in [5, 5.41) is 0. The molecule has 1 aromatic carbocycles. The van der Waals surface area contributed by atoms with Crippen LogP contribution < -0.4 is 0 Å². The van der Waals surface area contributed by atoms with Crippen molar-refractivity contribution < 1.29 is 9.59 Å². The Morgan fingerprint density at radius 1 is 1.17 bits per heavy atom. The second kappa shape index (κ2) is 5.52. The second-order valence-corrected chi connectivity index (χ2v) is 5.16. The van der Waals surface area contributed by atoms with E-state index in [4.69, 9.17) is 0 Å². The fraction of sp³-hybridized carbons (Fsp3) is 0.385. The lowest BCUT2D eigenvalue weighted by Crippen LogP contribution is -2.53. The Bertz CT molecular complexity index is 476. The fourth-order valence-electron chi connectivity index (χ4n) is 2.02. The van der Waals surface area contributed by atoms with Crippen molar-refractivity contribution in [1.82, 2.24) is 9.80 Å². The van der Waals surface area contributed by atoms with E-state index in [-0.39, 0.29) is 0 Å². The normalized spacial score (nSPS) is 16.3. The molecule has 2 rings (SSSR count). The van der Waals surface area contributed by atoms with Crippen LogP contribution in [0.15, 0.2) is 28.7 Å². The summed E-state index contributed by atoms with van der Waals surface area (Å²) in [5.74, 6) is -0.790. The van der Waals surface area contributed by atoms with Gasteiger partial charge in [0.05, 0.1) is 0 Å². The van der Waals surface area contributed by atoms with Crippen molar-refractivity contribution in [3.63, 3.8) is 0 Å². The quantitative estimate of drug-likeness (QED) is 0.796. The van der Waals surface area contributed by atoms with Gasteiger partial charge in [0, 0.05) is 30.7 Å². The maximum absolute atomic E-state index is 11.9. The van der Waals surface area contributed by atoms with Crippen molar-refractivity contribution in [2.45, 2.75) is 13.5 Å². The first-order valence-corrected chi connectivity index (χ1v) is 6.73. The van der Waals surface area contributed by atoms with E-state index < -0.39 is 11.8 Å². The van der Waals surface area contributed by atoms with Gasteiger partial charge in [-0.3, -0.25) is 9.59 Å². The number of rotatable bonds is 3. The molecule has 96 valence electrons. The molecular weight excluding hydrogens is 296 g/mol. The summed E-state index contributed by atoms with van der Waals surface area (Å²) in [4.78, 5) is 26.8. The van der Waals surface area contributed by atoms with Crippen molar-refractivity contribution in [2.75, 3.05) is 19.6 Å². The number of hydrogen-bond donors (Lipinski definition) is 0. The molecule has 0 radical (unpaired) electrons. The van der Waals surface area contributed by atoms with Gasteiger partial charge < -0.3 is 9.80 Å². The SMILES string of the molecule is CCN1CCN(Cc2cccc(Br)c2)C(=O)C1=O. The van der Waals surface area contributed by atoms with E-state index in [2.05, 4.69) is 15.9 Å². The number of nitrogens with zero attached hydrogens (tertiary/aromatic N) is 2. The first-order chi connectivity index (χ1) is 8.61. The highest BCUT2D eigenvalue weighted by Gasteiger charge is 2.31. The predicted octanol–water partition coefficient (Wildman–Crippen LogP) is 1.64. The third kappa shape index (κ3) is 2.72. The van der Waals surface area contributed by atoms with Crippen LogP contribution in [0.3, 0.4) is 0 Å². The van der Waals surface area contributed by atoms with Crippen molar-refractivity contribution in [3.8, 4) is 0 Å². The van der Waals surface area contributed by atoms with Crippen LogP contribution in [0.5, 0.6) is 0 Å². The number of halogens is 1. The molecule has 0 N–H and O–H groups in total. The Morgan fingerprint density at radius 3 is 2.50 bits per heavy atom. The van der Waals surface area contributed by atoms with Crippen LogP contribution >= 0.6 is 15.9 Å². The van der Waals surface area contributed by atoms with Crippen LogP contribution in [-0.2, 0) is 16.1 Å². The molecule has 0 saturated carbocycles. The summed E-state index contributed by atoms with van der Waals surface area (Å²) in [6.07, 6.45) is 0. The summed E-state index contributed by atoms with van der Waals surface area (Å²) in [6, 6.07) is 7.78. The molecule has 1 fully saturated rings. The van der Waals surface area contributed by atoms with E-state index >= 15 is 0 Å². The molecule has 0 atom stereocenters. The third-order valence-corrected chi connectivity index (χ3v) is 3.53. The Hall–Kier alpha value is -1.36. The average molecular weight is 311 g/mol. The molecule has 5 heteroatoms. The lowest BCUT2D eigenvalue weighted by atomic mass is 10.2. The Labute approximate surface area is 115 Å². The molecule has 1 aromatic rings. The highest BCUT2D eigenvalue weighted by Crippen LogP contribution is 2.15. The topological polar surface area (TPSA) is 40.6 Å². The Kier molecular flexibility index (Phi) is 4.01. The summed E-state index contributed by atoms with van der Waals surface area (Å²) >= 11 is 3.40. The number of piperazine rings is 1. The first-order valence-electron chi connectivity index (χ1n) is 5.94. The van der Waals surface area contributed by atoms with Gasteiger partial charge in [-0.1, -0.05) is 28.1 Å². The van der Waals surface area contributed by atoms with Gasteiger partial charge in [-0.15, -0.1) is 0 Å². The smallest absolute Gasteiger partial charge is 0.312 e. The van der Waals surface area contributed by atoms with Crippen molar-refractivity contribution in [2.24, 2.45) is 0 Å². The van der Waals surface area contributed by atoms with E-state index in [0.717, 1.165) is 10.0 Å². The van der Waals surface area contributed by atoms with Crippen molar-refractivity contribution in [1.29, 1.82) is 0 Å². The molecule has 0 bridgehead atoms. The molecule has 1 saturated heterocycles. The van der Waals surface area contributed by atoms with Gasteiger partial charge in [-0.25, -0.2) is 0 Å². The minimum Gasteiger partial charge on any atom is -0.333 e. The number of amides is 2. The van der Waals surface area contributed by atoms with Gasteiger partial charge in [0.1, 0.15) is 0 Å². The van der Waals surface area contributed by atoms with E-state index in [1.165, 1.54) is 0 Å². The Morgan fingerprint density at radius 2 is 1.83 bits per heavy atom. The minimum absolute atomic E-state index is 0.390. The maximum atomic E-state index is 11.9. The van der Waals surface area contributed by atoms with Gasteiger partial charge in [0.2, 0.25) is 0 Å².